The molecule has 0 aliphatic carbocycles. The molecule has 1 aliphatic rings. The van der Waals surface area contributed by atoms with Crippen LogP contribution in [0.3, 0.4) is 0 Å². The molecule has 1 N–H and O–H groups in total. The molecule has 0 aromatic heterocycles. The van der Waals surface area contributed by atoms with E-state index in [1.54, 1.807) is 30.3 Å². The number of carbonyl (C=O) groups is 2. The number of halogens is 3. The smallest absolute Gasteiger partial charge is 0.387 e. The van der Waals surface area contributed by atoms with Gasteiger partial charge in [0.2, 0.25) is 0 Å². The number of imide groups is 1. The molecule has 3 amide bonds. The summed E-state index contributed by atoms with van der Waals surface area (Å²) in [5, 5.41) is 7.30. The monoisotopic (exact) mass is 513 g/mol. The molecule has 1 heterocycles. The van der Waals surface area contributed by atoms with Crippen molar-refractivity contribution in [1.82, 2.24) is 10.3 Å². The van der Waals surface area contributed by atoms with Crippen molar-refractivity contribution >= 4 is 18.2 Å². The molecule has 3 aromatic carbocycles. The Hall–Kier alpha value is -4.54. The van der Waals surface area contributed by atoms with Crippen molar-refractivity contribution in [2.24, 2.45) is 5.10 Å². The fourth-order valence-corrected chi connectivity index (χ4v) is 3.64. The molecule has 1 atom stereocenters. The molecule has 0 saturated carbocycles. The van der Waals surface area contributed by atoms with Gasteiger partial charge >= 0.3 is 12.6 Å². The van der Waals surface area contributed by atoms with Gasteiger partial charge < -0.3 is 19.5 Å². The van der Waals surface area contributed by atoms with E-state index in [-0.39, 0.29) is 18.2 Å². The number of carbonyl (C=O) groups excluding carboxylic acids is 2. The number of urea groups is 1. The van der Waals surface area contributed by atoms with E-state index in [1.807, 2.05) is 0 Å². The summed E-state index contributed by atoms with van der Waals surface area (Å²) >= 11 is 0. The molecule has 3 aromatic rings. The van der Waals surface area contributed by atoms with Gasteiger partial charge in [0, 0.05) is 0 Å². The maximum atomic E-state index is 13.1. The highest BCUT2D eigenvalue weighted by Gasteiger charge is 2.49. The summed E-state index contributed by atoms with van der Waals surface area (Å²) in [6.45, 7) is -1.30. The van der Waals surface area contributed by atoms with E-state index in [2.05, 4.69) is 15.2 Å². The normalized spacial score (nSPS) is 17.4. The van der Waals surface area contributed by atoms with Crippen LogP contribution >= 0.6 is 0 Å². The van der Waals surface area contributed by atoms with Crippen molar-refractivity contribution in [2.45, 2.75) is 25.7 Å². The predicted octanol–water partition coefficient (Wildman–Crippen LogP) is 4.82. The van der Waals surface area contributed by atoms with Crippen molar-refractivity contribution in [3.63, 3.8) is 0 Å². The molecule has 192 valence electrons. The van der Waals surface area contributed by atoms with Gasteiger partial charge in [0.15, 0.2) is 11.5 Å². The number of nitrogens with zero attached hydrogens (tertiary/aromatic N) is 2. The maximum Gasteiger partial charge on any atom is 0.387 e. The lowest BCUT2D eigenvalue weighted by atomic mass is 9.92. The number of nitrogens with one attached hydrogen (secondary N) is 1. The van der Waals surface area contributed by atoms with Gasteiger partial charge in [-0.05, 0) is 66.1 Å². The van der Waals surface area contributed by atoms with E-state index in [0.717, 1.165) is 5.56 Å². The molecule has 11 heteroatoms. The Balaban J connectivity index is 1.46. The summed E-state index contributed by atoms with van der Waals surface area (Å²) in [4.78, 5) is 25.6. The van der Waals surface area contributed by atoms with Crippen LogP contribution in [0.25, 0.3) is 0 Å². The van der Waals surface area contributed by atoms with Gasteiger partial charge in [0.1, 0.15) is 23.7 Å². The van der Waals surface area contributed by atoms with Gasteiger partial charge in [-0.1, -0.05) is 24.3 Å². The average Bonchev–Trinajstić information content (AvgIpc) is 3.10. The van der Waals surface area contributed by atoms with Crippen LogP contribution in [0.15, 0.2) is 71.8 Å². The van der Waals surface area contributed by atoms with Crippen molar-refractivity contribution in [3.05, 3.63) is 89.2 Å². The topological polar surface area (TPSA) is 89.5 Å². The molecule has 0 bridgehead atoms. The number of methoxy groups -OCH3 is 1. The summed E-state index contributed by atoms with van der Waals surface area (Å²) in [7, 11) is 1.46. The highest BCUT2D eigenvalue weighted by Crippen LogP contribution is 2.31. The molecule has 0 unspecified atom stereocenters. The Morgan fingerprint density at radius 2 is 1.73 bits per heavy atom. The number of alkyl halides is 2. The standard InChI is InChI=1S/C26H22F3N3O5/c1-26(18-6-10-20(11-7-18)37-24(28)29)23(33)32(25(34)31-26)30-14-17-5-12-21(22(13-17)35-2)36-15-16-3-8-19(27)9-4-16/h3-14,24H,15H2,1-2H3,(H,31,34)/b30-14-/t26-/m0/s1. The summed E-state index contributed by atoms with van der Waals surface area (Å²) in [6.07, 6.45) is 1.31. The van der Waals surface area contributed by atoms with E-state index < -0.39 is 24.1 Å². The third-order valence-electron chi connectivity index (χ3n) is 5.64. The Kier molecular flexibility index (Phi) is 7.32. The Bertz CT molecular complexity index is 1320. The number of hydrogen-bond acceptors (Lipinski definition) is 6. The molecule has 1 aliphatic heterocycles. The van der Waals surface area contributed by atoms with Crippen LogP contribution in [-0.2, 0) is 16.9 Å². The van der Waals surface area contributed by atoms with Gasteiger partial charge in [0.05, 0.1) is 13.3 Å². The zero-order valence-electron chi connectivity index (χ0n) is 19.8. The lowest BCUT2D eigenvalue weighted by Crippen LogP contribution is -2.40. The zero-order chi connectivity index (χ0) is 26.6. The fraction of sp³-hybridized carbons (Fsp3) is 0.192. The van der Waals surface area contributed by atoms with Crippen LogP contribution < -0.4 is 19.5 Å². The first-order valence-corrected chi connectivity index (χ1v) is 11.0. The van der Waals surface area contributed by atoms with Crippen LogP contribution in [-0.4, -0.2) is 36.9 Å². The molecule has 0 spiro atoms. The predicted molar refractivity (Wildman–Crippen MR) is 127 cm³/mol. The van der Waals surface area contributed by atoms with E-state index >= 15 is 0 Å². The van der Waals surface area contributed by atoms with Crippen molar-refractivity contribution in [1.29, 1.82) is 0 Å². The summed E-state index contributed by atoms with van der Waals surface area (Å²) < 4.78 is 53.3. The Labute approximate surface area is 210 Å². The first-order valence-electron chi connectivity index (χ1n) is 11.0. The van der Waals surface area contributed by atoms with Gasteiger partial charge in [-0.25, -0.2) is 9.18 Å². The van der Waals surface area contributed by atoms with Gasteiger partial charge in [-0.3, -0.25) is 4.79 Å². The third kappa shape index (κ3) is 5.66. The lowest BCUT2D eigenvalue weighted by Gasteiger charge is -2.21. The first-order chi connectivity index (χ1) is 17.7. The van der Waals surface area contributed by atoms with Gasteiger partial charge in [0.25, 0.3) is 5.91 Å². The third-order valence-corrected chi connectivity index (χ3v) is 5.64. The highest BCUT2D eigenvalue weighted by atomic mass is 19.3. The molecule has 1 fully saturated rings. The minimum absolute atomic E-state index is 0.0759. The van der Waals surface area contributed by atoms with Crippen LogP contribution in [0.2, 0.25) is 0 Å². The van der Waals surface area contributed by atoms with E-state index in [9.17, 15) is 22.8 Å². The van der Waals surface area contributed by atoms with E-state index in [4.69, 9.17) is 9.47 Å². The van der Waals surface area contributed by atoms with Gasteiger partial charge in [-0.15, -0.1) is 5.01 Å². The lowest BCUT2D eigenvalue weighted by molar-refractivity contribution is -0.131. The van der Waals surface area contributed by atoms with Crippen molar-refractivity contribution < 1.29 is 37.0 Å². The van der Waals surface area contributed by atoms with Crippen LogP contribution in [0.4, 0.5) is 18.0 Å². The van der Waals surface area contributed by atoms with Crippen molar-refractivity contribution in [2.75, 3.05) is 7.11 Å². The summed E-state index contributed by atoms with van der Waals surface area (Å²) in [6, 6.07) is 15.5. The second kappa shape index (κ2) is 10.6. The number of ether oxygens (including phenoxy) is 3. The maximum absolute atomic E-state index is 13.1. The summed E-state index contributed by atoms with van der Waals surface area (Å²) in [5.74, 6) is -0.242. The molecular weight excluding hydrogens is 491 g/mol. The molecule has 1 saturated heterocycles. The van der Waals surface area contributed by atoms with Crippen LogP contribution in [0.1, 0.15) is 23.6 Å². The first kappa shape index (κ1) is 25.5. The number of hydrazone groups is 1. The number of rotatable bonds is 9. The van der Waals surface area contributed by atoms with Gasteiger partial charge in [-0.2, -0.15) is 13.9 Å². The largest absolute Gasteiger partial charge is 0.493 e. The second-order valence-corrected chi connectivity index (χ2v) is 8.14. The SMILES string of the molecule is COc1cc(/C=N\N2C(=O)N[C@@](C)(c3ccc(OC(F)F)cc3)C2=O)ccc1OCc1ccc(F)cc1. The second-order valence-electron chi connectivity index (χ2n) is 8.14. The highest BCUT2D eigenvalue weighted by molar-refractivity contribution is 6.07. The fourth-order valence-electron chi connectivity index (χ4n) is 3.64. The summed E-state index contributed by atoms with van der Waals surface area (Å²) in [5.41, 5.74) is 0.211. The molecule has 0 radical (unpaired) electrons. The molecule has 4 rings (SSSR count). The Morgan fingerprint density at radius 3 is 2.38 bits per heavy atom. The number of benzene rings is 3. The number of amides is 3. The molecule has 37 heavy (non-hydrogen) atoms. The molecular formula is C26H22F3N3O5. The Morgan fingerprint density at radius 1 is 1.03 bits per heavy atom. The van der Waals surface area contributed by atoms with E-state index in [1.165, 1.54) is 56.6 Å². The van der Waals surface area contributed by atoms with E-state index in [0.29, 0.717) is 27.6 Å². The van der Waals surface area contributed by atoms with Crippen LogP contribution in [0, 0.1) is 5.82 Å². The minimum Gasteiger partial charge on any atom is -0.493 e. The minimum atomic E-state index is -2.98. The molecule has 8 nitrogen and oxygen atoms in total. The quantitative estimate of drug-likeness (QED) is 0.328. The number of hydrogen-bond donors (Lipinski definition) is 1. The zero-order valence-corrected chi connectivity index (χ0v) is 19.8. The van der Waals surface area contributed by atoms with Crippen molar-refractivity contribution in [3.8, 4) is 17.2 Å². The van der Waals surface area contributed by atoms with Crippen LogP contribution in [0.5, 0.6) is 17.2 Å². The average molecular weight is 513 g/mol.